The van der Waals surface area contributed by atoms with Gasteiger partial charge in [-0.3, -0.25) is 4.79 Å². The van der Waals surface area contributed by atoms with Crippen LogP contribution in [0.5, 0.6) is 11.5 Å². The SMILES string of the molecule is COc1ccc(/C=C/C(=O)NCCc2c[nH]c3ccc(C)cc23)cc1OC. The van der Waals surface area contributed by atoms with Crippen LogP contribution in [0.3, 0.4) is 0 Å². The minimum absolute atomic E-state index is 0.124. The molecule has 0 spiro atoms. The van der Waals surface area contributed by atoms with Crippen LogP contribution in [0.2, 0.25) is 0 Å². The van der Waals surface area contributed by atoms with Crippen LogP contribution < -0.4 is 14.8 Å². The Morgan fingerprint density at radius 1 is 1.11 bits per heavy atom. The number of aryl methyl sites for hydroxylation is 1. The summed E-state index contributed by atoms with van der Waals surface area (Å²) in [7, 11) is 3.18. The van der Waals surface area contributed by atoms with Crippen LogP contribution in [0, 0.1) is 6.92 Å². The molecule has 1 amide bonds. The van der Waals surface area contributed by atoms with E-state index < -0.39 is 0 Å². The van der Waals surface area contributed by atoms with Gasteiger partial charge in [-0.15, -0.1) is 0 Å². The van der Waals surface area contributed by atoms with Crippen LogP contribution in [0.4, 0.5) is 0 Å². The molecule has 3 rings (SSSR count). The van der Waals surface area contributed by atoms with E-state index in [4.69, 9.17) is 9.47 Å². The number of hydrogen-bond donors (Lipinski definition) is 2. The van der Waals surface area contributed by atoms with Crippen molar-refractivity contribution in [2.45, 2.75) is 13.3 Å². The van der Waals surface area contributed by atoms with Gasteiger partial charge in [0.1, 0.15) is 0 Å². The van der Waals surface area contributed by atoms with Crippen LogP contribution in [0.1, 0.15) is 16.7 Å². The van der Waals surface area contributed by atoms with Gasteiger partial charge in [-0.1, -0.05) is 17.7 Å². The van der Waals surface area contributed by atoms with Crippen molar-refractivity contribution in [2.24, 2.45) is 0 Å². The molecule has 3 aromatic rings. The number of carbonyl (C=O) groups is 1. The first-order valence-electron chi connectivity index (χ1n) is 8.85. The van der Waals surface area contributed by atoms with Crippen LogP contribution in [0.25, 0.3) is 17.0 Å². The number of H-pyrrole nitrogens is 1. The Kier molecular flexibility index (Phi) is 5.81. The zero-order valence-electron chi connectivity index (χ0n) is 15.8. The number of aromatic amines is 1. The Balaban J connectivity index is 1.56. The molecule has 0 aliphatic rings. The van der Waals surface area contributed by atoms with E-state index in [9.17, 15) is 4.79 Å². The van der Waals surface area contributed by atoms with Crippen molar-refractivity contribution >= 4 is 22.9 Å². The summed E-state index contributed by atoms with van der Waals surface area (Å²) < 4.78 is 10.5. The molecule has 0 bridgehead atoms. The number of ether oxygens (including phenoxy) is 2. The molecule has 1 heterocycles. The first kappa shape index (κ1) is 18.6. The Morgan fingerprint density at radius 2 is 1.93 bits per heavy atom. The van der Waals surface area contributed by atoms with Crippen molar-refractivity contribution in [1.82, 2.24) is 10.3 Å². The number of fused-ring (bicyclic) bond motifs is 1. The Hall–Kier alpha value is -3.21. The van der Waals surface area contributed by atoms with Gasteiger partial charge >= 0.3 is 0 Å². The summed E-state index contributed by atoms with van der Waals surface area (Å²) in [6.45, 7) is 2.66. The Morgan fingerprint density at radius 3 is 2.70 bits per heavy atom. The fourth-order valence-electron chi connectivity index (χ4n) is 3.01. The summed E-state index contributed by atoms with van der Waals surface area (Å²) in [5.41, 5.74) is 4.42. The van der Waals surface area contributed by atoms with E-state index >= 15 is 0 Å². The van der Waals surface area contributed by atoms with E-state index in [1.54, 1.807) is 20.3 Å². The fraction of sp³-hybridized carbons (Fsp3) is 0.227. The second-order valence-electron chi connectivity index (χ2n) is 6.35. The fourth-order valence-corrected chi connectivity index (χ4v) is 3.01. The number of nitrogens with one attached hydrogen (secondary N) is 2. The third kappa shape index (κ3) is 4.50. The van der Waals surface area contributed by atoms with E-state index in [1.807, 2.05) is 24.4 Å². The summed E-state index contributed by atoms with van der Waals surface area (Å²) in [6, 6.07) is 11.9. The number of carbonyl (C=O) groups excluding carboxylic acids is 1. The van der Waals surface area contributed by atoms with Crippen LogP contribution in [-0.4, -0.2) is 31.7 Å². The van der Waals surface area contributed by atoms with E-state index in [1.165, 1.54) is 22.6 Å². The monoisotopic (exact) mass is 364 g/mol. The number of amides is 1. The van der Waals surface area contributed by atoms with Gasteiger partial charge in [-0.2, -0.15) is 0 Å². The van der Waals surface area contributed by atoms with Gasteiger partial charge in [0.25, 0.3) is 0 Å². The van der Waals surface area contributed by atoms with Crippen molar-refractivity contribution in [3.8, 4) is 11.5 Å². The normalized spacial score (nSPS) is 11.1. The summed E-state index contributed by atoms with van der Waals surface area (Å²) in [6.07, 6.45) is 6.07. The lowest BCUT2D eigenvalue weighted by Crippen LogP contribution is -2.23. The molecule has 0 unspecified atom stereocenters. The van der Waals surface area contributed by atoms with E-state index in [2.05, 4.69) is 35.4 Å². The van der Waals surface area contributed by atoms with Gasteiger partial charge < -0.3 is 19.8 Å². The third-order valence-electron chi connectivity index (χ3n) is 4.45. The highest BCUT2D eigenvalue weighted by molar-refractivity contribution is 5.92. The molecule has 1 aromatic heterocycles. The van der Waals surface area contributed by atoms with Crippen molar-refractivity contribution in [3.05, 3.63) is 65.4 Å². The van der Waals surface area contributed by atoms with E-state index in [0.717, 1.165) is 17.5 Å². The molecule has 2 aromatic carbocycles. The summed E-state index contributed by atoms with van der Waals surface area (Å²) in [5, 5.41) is 4.14. The van der Waals surface area contributed by atoms with Gasteiger partial charge in [0.2, 0.25) is 5.91 Å². The predicted octanol–water partition coefficient (Wildman–Crippen LogP) is 3.87. The first-order valence-corrected chi connectivity index (χ1v) is 8.85. The van der Waals surface area contributed by atoms with Crippen molar-refractivity contribution in [1.29, 1.82) is 0 Å². The molecular weight excluding hydrogens is 340 g/mol. The topological polar surface area (TPSA) is 63.3 Å². The summed E-state index contributed by atoms with van der Waals surface area (Å²) in [5.74, 6) is 1.17. The van der Waals surface area contributed by atoms with Crippen LogP contribution in [0.15, 0.2) is 48.7 Å². The standard InChI is InChI=1S/C22H24N2O3/c1-15-4-7-19-18(12-15)17(14-24-19)10-11-23-22(25)9-6-16-5-8-20(26-2)21(13-16)27-3/h4-9,12-14,24H,10-11H2,1-3H3,(H,23,25)/b9-6+. The minimum Gasteiger partial charge on any atom is -0.493 e. The van der Waals surface area contributed by atoms with Crippen molar-refractivity contribution in [3.63, 3.8) is 0 Å². The zero-order chi connectivity index (χ0) is 19.2. The second-order valence-corrected chi connectivity index (χ2v) is 6.35. The van der Waals surface area contributed by atoms with Crippen LogP contribution >= 0.6 is 0 Å². The number of rotatable bonds is 7. The minimum atomic E-state index is -0.124. The molecule has 0 fully saturated rings. The molecule has 0 aliphatic heterocycles. The smallest absolute Gasteiger partial charge is 0.244 e. The quantitative estimate of drug-likeness (QED) is 0.626. The average Bonchev–Trinajstić information content (AvgIpc) is 3.08. The lowest BCUT2D eigenvalue weighted by atomic mass is 10.1. The molecule has 140 valence electrons. The maximum absolute atomic E-state index is 12.1. The largest absolute Gasteiger partial charge is 0.493 e. The highest BCUT2D eigenvalue weighted by Crippen LogP contribution is 2.27. The molecule has 5 heteroatoms. The second kappa shape index (κ2) is 8.45. The van der Waals surface area contributed by atoms with E-state index in [0.29, 0.717) is 18.0 Å². The lowest BCUT2D eigenvalue weighted by Gasteiger charge is -2.07. The number of benzene rings is 2. The van der Waals surface area contributed by atoms with Gasteiger partial charge in [0, 0.05) is 29.7 Å². The average molecular weight is 364 g/mol. The Bertz CT molecular complexity index is 973. The zero-order valence-corrected chi connectivity index (χ0v) is 15.8. The van der Waals surface area contributed by atoms with Gasteiger partial charge in [0.05, 0.1) is 14.2 Å². The molecular formula is C22H24N2O3. The molecule has 5 nitrogen and oxygen atoms in total. The number of methoxy groups -OCH3 is 2. The highest BCUT2D eigenvalue weighted by atomic mass is 16.5. The molecule has 0 aliphatic carbocycles. The molecule has 2 N–H and O–H groups in total. The van der Waals surface area contributed by atoms with Gasteiger partial charge in [-0.05, 0) is 54.8 Å². The summed E-state index contributed by atoms with van der Waals surface area (Å²) >= 11 is 0. The van der Waals surface area contributed by atoms with Gasteiger partial charge in [-0.25, -0.2) is 0 Å². The van der Waals surface area contributed by atoms with Gasteiger partial charge in [0.15, 0.2) is 11.5 Å². The third-order valence-corrected chi connectivity index (χ3v) is 4.45. The number of aromatic nitrogens is 1. The molecule has 0 radical (unpaired) electrons. The summed E-state index contributed by atoms with van der Waals surface area (Å²) in [4.78, 5) is 15.3. The van der Waals surface area contributed by atoms with Crippen molar-refractivity contribution in [2.75, 3.05) is 20.8 Å². The lowest BCUT2D eigenvalue weighted by molar-refractivity contribution is -0.116. The number of hydrogen-bond acceptors (Lipinski definition) is 3. The first-order chi connectivity index (χ1) is 13.1. The van der Waals surface area contributed by atoms with Crippen LogP contribution in [-0.2, 0) is 11.2 Å². The molecule has 0 saturated carbocycles. The molecule has 0 saturated heterocycles. The Labute approximate surface area is 159 Å². The molecule has 27 heavy (non-hydrogen) atoms. The maximum atomic E-state index is 12.1. The molecule has 0 atom stereocenters. The predicted molar refractivity (Wildman–Crippen MR) is 108 cm³/mol. The van der Waals surface area contributed by atoms with Crippen molar-refractivity contribution < 1.29 is 14.3 Å². The maximum Gasteiger partial charge on any atom is 0.244 e. The highest BCUT2D eigenvalue weighted by Gasteiger charge is 2.05. The van der Waals surface area contributed by atoms with E-state index in [-0.39, 0.29) is 5.91 Å².